The van der Waals surface area contributed by atoms with Crippen LogP contribution in [-0.4, -0.2) is 23.1 Å². The molecule has 0 aliphatic heterocycles. The number of hydrogen-bond acceptors (Lipinski definition) is 4. The Morgan fingerprint density at radius 1 is 1.45 bits per heavy atom. The third-order valence-corrected chi connectivity index (χ3v) is 2.62. The molecule has 0 fully saturated rings. The summed E-state index contributed by atoms with van der Waals surface area (Å²) < 4.78 is 2.09. The lowest BCUT2D eigenvalue weighted by Crippen LogP contribution is -1.89. The van der Waals surface area contributed by atoms with Gasteiger partial charge in [-0.25, -0.2) is 4.99 Å². The van der Waals surface area contributed by atoms with Crippen molar-refractivity contribution in [2.24, 2.45) is 9.98 Å². The van der Waals surface area contributed by atoms with Gasteiger partial charge in [0.15, 0.2) is 0 Å². The van der Waals surface area contributed by atoms with E-state index in [0.29, 0.717) is 0 Å². The average Bonchev–Trinajstić information content (AvgIpc) is 2.86. The lowest BCUT2D eigenvalue weighted by Gasteiger charge is -1.97. The van der Waals surface area contributed by atoms with Crippen LogP contribution in [0.5, 0.6) is 0 Å². The molecule has 1 heterocycles. The van der Waals surface area contributed by atoms with Crippen molar-refractivity contribution in [2.75, 3.05) is 0 Å². The normalized spacial score (nSPS) is 10.3. The van der Waals surface area contributed by atoms with E-state index in [1.54, 1.807) is 0 Å². The second-order valence-electron chi connectivity index (χ2n) is 3.79. The smallest absolute Gasteiger partial charge is 0.229 e. The van der Waals surface area contributed by atoms with Gasteiger partial charge in [0.1, 0.15) is 6.07 Å². The zero-order chi connectivity index (χ0) is 15.0. The molecule has 0 bridgehead atoms. The Hall–Kier alpha value is -2.87. The fourth-order valence-electron chi connectivity index (χ4n) is 1.72. The fourth-order valence-corrected chi connectivity index (χ4v) is 1.72. The van der Waals surface area contributed by atoms with Gasteiger partial charge in [0.25, 0.3) is 0 Å². The second-order valence-corrected chi connectivity index (χ2v) is 3.79. The Labute approximate surface area is 117 Å². The van der Waals surface area contributed by atoms with Gasteiger partial charge in [0.2, 0.25) is 5.88 Å². The third-order valence-electron chi connectivity index (χ3n) is 2.62. The predicted octanol–water partition coefficient (Wildman–Crippen LogP) is 3.28. The van der Waals surface area contributed by atoms with Gasteiger partial charge in [0, 0.05) is 23.6 Å². The van der Waals surface area contributed by atoms with Crippen molar-refractivity contribution < 1.29 is 5.11 Å². The van der Waals surface area contributed by atoms with Crippen LogP contribution in [0, 0.1) is 11.3 Å². The van der Waals surface area contributed by atoms with Gasteiger partial charge >= 0.3 is 0 Å². The van der Waals surface area contributed by atoms with E-state index in [-0.39, 0.29) is 5.88 Å². The molecule has 0 saturated carbocycles. The summed E-state index contributed by atoms with van der Waals surface area (Å²) in [4.78, 5) is 6.32. The highest BCUT2D eigenvalue weighted by molar-refractivity contribution is 5.86. The lowest BCUT2D eigenvalue weighted by atomic mass is 10.2. The molecule has 0 aliphatic carbocycles. The molecule has 0 spiro atoms. The first kappa shape index (κ1) is 15.2. The van der Waals surface area contributed by atoms with Gasteiger partial charge < -0.3 is 9.67 Å². The van der Waals surface area contributed by atoms with Crippen molar-refractivity contribution in [1.29, 1.82) is 5.26 Å². The van der Waals surface area contributed by atoms with Crippen LogP contribution in [0.3, 0.4) is 0 Å². The number of hydrogen-bond donors (Lipinski definition) is 1. The van der Waals surface area contributed by atoms with Crippen LogP contribution in [0.1, 0.15) is 12.5 Å². The van der Waals surface area contributed by atoms with Crippen molar-refractivity contribution in [3.05, 3.63) is 48.1 Å². The van der Waals surface area contributed by atoms with E-state index in [9.17, 15) is 0 Å². The van der Waals surface area contributed by atoms with E-state index in [1.165, 1.54) is 0 Å². The Morgan fingerprint density at radius 3 is 2.65 bits per heavy atom. The molecule has 0 atom stereocenters. The maximum absolute atomic E-state index is 8.88. The van der Waals surface area contributed by atoms with E-state index in [1.807, 2.05) is 30.5 Å². The quantitative estimate of drug-likeness (QED) is 0.685. The maximum Gasteiger partial charge on any atom is 0.229 e. The SMILES string of the molecule is C=N/C=C(/O)N=C.CCn1cc(C#N)c2ccccc21. The van der Waals surface area contributed by atoms with Gasteiger partial charge in [-0.1, -0.05) is 18.2 Å². The van der Waals surface area contributed by atoms with Crippen molar-refractivity contribution >= 4 is 24.3 Å². The Kier molecular flexibility index (Phi) is 5.73. The largest absolute Gasteiger partial charge is 0.492 e. The van der Waals surface area contributed by atoms with E-state index >= 15 is 0 Å². The minimum atomic E-state index is -0.213. The van der Waals surface area contributed by atoms with Gasteiger partial charge in [-0.3, -0.25) is 4.99 Å². The molecule has 2 aromatic rings. The first-order valence-electron chi connectivity index (χ1n) is 5.97. The zero-order valence-electron chi connectivity index (χ0n) is 11.3. The van der Waals surface area contributed by atoms with E-state index in [0.717, 1.165) is 29.2 Å². The number of aliphatic imine (C=N–C) groups is 2. The first-order chi connectivity index (χ1) is 9.67. The Morgan fingerprint density at radius 2 is 2.15 bits per heavy atom. The molecule has 1 aromatic carbocycles. The summed E-state index contributed by atoms with van der Waals surface area (Å²) in [5.74, 6) is -0.213. The summed E-state index contributed by atoms with van der Waals surface area (Å²) in [5.41, 5.74) is 1.90. The van der Waals surface area contributed by atoms with Crippen molar-refractivity contribution in [2.45, 2.75) is 13.5 Å². The fraction of sp³-hybridized carbons (Fsp3) is 0.133. The van der Waals surface area contributed by atoms with E-state index < -0.39 is 0 Å². The number of aromatic nitrogens is 1. The number of rotatable bonds is 3. The molecule has 5 nitrogen and oxygen atoms in total. The molecular weight excluding hydrogens is 252 g/mol. The number of para-hydroxylation sites is 1. The number of fused-ring (bicyclic) bond motifs is 1. The number of benzene rings is 1. The summed E-state index contributed by atoms with van der Waals surface area (Å²) in [6.45, 7) is 9.08. The van der Waals surface area contributed by atoms with Crippen LogP contribution >= 0.6 is 0 Å². The van der Waals surface area contributed by atoms with Crippen LogP contribution in [-0.2, 0) is 6.54 Å². The molecule has 5 heteroatoms. The molecule has 20 heavy (non-hydrogen) atoms. The van der Waals surface area contributed by atoms with Crippen molar-refractivity contribution in [1.82, 2.24) is 4.57 Å². The molecule has 0 amide bonds. The predicted molar refractivity (Wildman–Crippen MR) is 82.1 cm³/mol. The molecule has 0 unspecified atom stereocenters. The monoisotopic (exact) mass is 268 g/mol. The van der Waals surface area contributed by atoms with Crippen LogP contribution in [0.15, 0.2) is 52.5 Å². The summed E-state index contributed by atoms with van der Waals surface area (Å²) in [6, 6.07) is 10.2. The minimum absolute atomic E-state index is 0.213. The number of aliphatic hydroxyl groups excluding tert-OH is 1. The first-order valence-corrected chi connectivity index (χ1v) is 5.97. The number of aliphatic hydroxyl groups is 1. The topological polar surface area (TPSA) is 73.7 Å². The molecule has 0 saturated heterocycles. The summed E-state index contributed by atoms with van der Waals surface area (Å²) in [7, 11) is 0. The van der Waals surface area contributed by atoms with Crippen LogP contribution in [0.25, 0.3) is 10.9 Å². The van der Waals surface area contributed by atoms with Crippen molar-refractivity contribution in [3.63, 3.8) is 0 Å². The Bertz CT molecular complexity index is 677. The lowest BCUT2D eigenvalue weighted by molar-refractivity contribution is 0.406. The molecular formula is C15H16N4O. The van der Waals surface area contributed by atoms with Crippen LogP contribution < -0.4 is 0 Å². The van der Waals surface area contributed by atoms with Crippen LogP contribution in [0.2, 0.25) is 0 Å². The van der Waals surface area contributed by atoms with Gasteiger partial charge in [0.05, 0.1) is 11.8 Å². The molecule has 1 aromatic heterocycles. The summed E-state index contributed by atoms with van der Waals surface area (Å²) in [6.07, 6.45) is 3.01. The Balaban J connectivity index is 0.000000246. The maximum atomic E-state index is 8.88. The third kappa shape index (κ3) is 3.56. The van der Waals surface area contributed by atoms with Crippen molar-refractivity contribution in [3.8, 4) is 6.07 Å². The number of nitriles is 1. The minimum Gasteiger partial charge on any atom is -0.492 e. The van der Waals surface area contributed by atoms with E-state index in [4.69, 9.17) is 10.4 Å². The second kappa shape index (κ2) is 7.54. The number of aryl methyl sites for hydroxylation is 1. The van der Waals surface area contributed by atoms with E-state index in [2.05, 4.69) is 41.0 Å². The number of nitrogens with zero attached hydrogens (tertiary/aromatic N) is 4. The highest BCUT2D eigenvalue weighted by atomic mass is 16.3. The summed E-state index contributed by atoms with van der Waals surface area (Å²) >= 11 is 0. The highest BCUT2D eigenvalue weighted by Gasteiger charge is 2.04. The van der Waals surface area contributed by atoms with Gasteiger partial charge in [-0.05, 0) is 26.4 Å². The average molecular weight is 268 g/mol. The van der Waals surface area contributed by atoms with Gasteiger partial charge in [-0.2, -0.15) is 5.26 Å². The standard InChI is InChI=1S/C11H10N2.C4H6N2O/c1-2-13-8-9(7-12)10-5-3-4-6-11(10)13;1-5-3-4(7)6-2/h3-6,8H,2H2,1H3;3,7H,1-2H2/b;4-3+. The highest BCUT2D eigenvalue weighted by Crippen LogP contribution is 2.19. The molecule has 0 aliphatic rings. The van der Waals surface area contributed by atoms with Gasteiger partial charge in [-0.15, -0.1) is 0 Å². The molecule has 0 radical (unpaired) electrons. The molecule has 2 rings (SSSR count). The van der Waals surface area contributed by atoms with Crippen LogP contribution in [0.4, 0.5) is 0 Å². The summed E-state index contributed by atoms with van der Waals surface area (Å²) in [5, 5.41) is 18.3. The zero-order valence-corrected chi connectivity index (χ0v) is 11.3. The molecule has 102 valence electrons. The molecule has 1 N–H and O–H groups in total.